The molecule has 3 nitrogen and oxygen atoms in total. The number of benzene rings is 4. The molecule has 0 aliphatic carbocycles. The monoisotopic (exact) mass is 450 g/mol. The second-order valence-corrected chi connectivity index (χ2v) is 8.08. The van der Waals surface area contributed by atoms with Crippen molar-refractivity contribution in [3.8, 4) is 17.2 Å². The normalized spacial score (nSPS) is 11.1. The molecule has 0 bridgehead atoms. The summed E-state index contributed by atoms with van der Waals surface area (Å²) in [4.78, 5) is 0. The molecular formula is C31H30O3. The van der Waals surface area contributed by atoms with Gasteiger partial charge in [-0.25, -0.2) is 0 Å². The first-order valence-electron chi connectivity index (χ1n) is 11.6. The number of allylic oxidation sites excluding steroid dienone is 1. The van der Waals surface area contributed by atoms with Crippen LogP contribution in [0.5, 0.6) is 17.2 Å². The molecule has 0 fully saturated rings. The van der Waals surface area contributed by atoms with Crippen molar-refractivity contribution in [2.45, 2.75) is 26.6 Å². The van der Waals surface area contributed by atoms with Crippen LogP contribution in [0.15, 0.2) is 115 Å². The lowest BCUT2D eigenvalue weighted by Gasteiger charge is -2.13. The minimum absolute atomic E-state index is 0.510. The molecule has 0 atom stereocenters. The van der Waals surface area contributed by atoms with E-state index in [1.807, 2.05) is 72.8 Å². The van der Waals surface area contributed by atoms with Crippen LogP contribution in [0.4, 0.5) is 0 Å². The number of hydrogen-bond acceptors (Lipinski definition) is 3. The number of ether oxygens (including phenoxy) is 3. The van der Waals surface area contributed by atoms with Gasteiger partial charge in [-0.1, -0.05) is 84.9 Å². The van der Waals surface area contributed by atoms with Gasteiger partial charge in [-0.05, 0) is 53.5 Å². The van der Waals surface area contributed by atoms with Gasteiger partial charge in [0, 0.05) is 12.5 Å². The average molecular weight is 451 g/mol. The van der Waals surface area contributed by atoms with Crippen molar-refractivity contribution in [2.24, 2.45) is 0 Å². The average Bonchev–Trinajstić information content (AvgIpc) is 2.90. The summed E-state index contributed by atoms with van der Waals surface area (Å²) >= 11 is 0. The van der Waals surface area contributed by atoms with Crippen LogP contribution < -0.4 is 14.2 Å². The zero-order chi connectivity index (χ0) is 23.4. The fraction of sp³-hybridized carbons (Fsp3) is 0.161. The molecular weight excluding hydrogens is 420 g/mol. The minimum Gasteiger partial charge on any atom is -0.493 e. The van der Waals surface area contributed by atoms with E-state index in [2.05, 4.69) is 49.4 Å². The Labute approximate surface area is 202 Å². The first-order chi connectivity index (χ1) is 16.8. The zero-order valence-corrected chi connectivity index (χ0v) is 19.5. The molecule has 0 N–H and O–H groups in total. The molecule has 0 saturated heterocycles. The maximum absolute atomic E-state index is 6.13. The summed E-state index contributed by atoms with van der Waals surface area (Å²) < 4.78 is 18.1. The van der Waals surface area contributed by atoms with E-state index in [4.69, 9.17) is 14.2 Å². The number of para-hydroxylation sites is 1. The quantitative estimate of drug-likeness (QED) is 0.219. The van der Waals surface area contributed by atoms with Crippen molar-refractivity contribution in [1.29, 1.82) is 0 Å². The van der Waals surface area contributed by atoms with E-state index in [0.29, 0.717) is 19.8 Å². The van der Waals surface area contributed by atoms with Crippen molar-refractivity contribution >= 4 is 5.57 Å². The largest absolute Gasteiger partial charge is 0.493 e. The van der Waals surface area contributed by atoms with Crippen molar-refractivity contribution in [2.75, 3.05) is 6.61 Å². The van der Waals surface area contributed by atoms with Crippen molar-refractivity contribution < 1.29 is 14.2 Å². The molecule has 4 aromatic rings. The van der Waals surface area contributed by atoms with Gasteiger partial charge in [-0.3, -0.25) is 0 Å². The molecule has 0 aliphatic heterocycles. The van der Waals surface area contributed by atoms with Crippen molar-refractivity contribution in [3.63, 3.8) is 0 Å². The lowest BCUT2D eigenvalue weighted by molar-refractivity contribution is 0.290. The Balaban J connectivity index is 1.45. The lowest BCUT2D eigenvalue weighted by Crippen LogP contribution is -1.99. The van der Waals surface area contributed by atoms with E-state index >= 15 is 0 Å². The van der Waals surface area contributed by atoms with Gasteiger partial charge >= 0.3 is 0 Å². The first-order valence-corrected chi connectivity index (χ1v) is 11.6. The van der Waals surface area contributed by atoms with E-state index in [0.717, 1.165) is 45.9 Å². The standard InChI is InChI=1S/C31H30O3/c1-25(12-11-19-32-29-17-9-4-10-18-29)28-20-30(33-23-26-13-5-2-6-14-26)22-31(21-28)34-24-27-15-7-3-8-16-27/h2-10,12-18,20-22H,11,19,23-24H2,1H3. The third kappa shape index (κ3) is 7.28. The third-order valence-electron chi connectivity index (χ3n) is 5.41. The van der Waals surface area contributed by atoms with Gasteiger partial charge in [0.15, 0.2) is 0 Å². The van der Waals surface area contributed by atoms with Gasteiger partial charge in [-0.2, -0.15) is 0 Å². The molecule has 0 spiro atoms. The Morgan fingerprint density at radius 2 is 1.09 bits per heavy atom. The molecule has 0 aromatic heterocycles. The second kappa shape index (κ2) is 12.3. The van der Waals surface area contributed by atoms with Crippen LogP contribution in [0.2, 0.25) is 0 Å². The Morgan fingerprint density at radius 3 is 1.62 bits per heavy atom. The molecule has 0 saturated carbocycles. The SMILES string of the molecule is CC(=CCCOc1ccccc1)c1cc(OCc2ccccc2)cc(OCc2ccccc2)c1. The highest BCUT2D eigenvalue weighted by Gasteiger charge is 2.07. The highest BCUT2D eigenvalue weighted by atomic mass is 16.5. The highest BCUT2D eigenvalue weighted by Crippen LogP contribution is 2.29. The van der Waals surface area contributed by atoms with E-state index in [-0.39, 0.29) is 0 Å². The van der Waals surface area contributed by atoms with Gasteiger partial charge in [0.05, 0.1) is 6.61 Å². The molecule has 0 heterocycles. The van der Waals surface area contributed by atoms with E-state index in [1.54, 1.807) is 0 Å². The van der Waals surface area contributed by atoms with E-state index in [9.17, 15) is 0 Å². The Kier molecular flexibility index (Phi) is 8.40. The van der Waals surface area contributed by atoms with Gasteiger partial charge in [0.25, 0.3) is 0 Å². The van der Waals surface area contributed by atoms with Crippen LogP contribution in [-0.2, 0) is 13.2 Å². The summed E-state index contributed by atoms with van der Waals surface area (Å²) in [6.45, 7) is 3.76. The second-order valence-electron chi connectivity index (χ2n) is 8.08. The summed E-state index contributed by atoms with van der Waals surface area (Å²) in [5, 5.41) is 0. The summed E-state index contributed by atoms with van der Waals surface area (Å²) in [7, 11) is 0. The molecule has 0 unspecified atom stereocenters. The van der Waals surface area contributed by atoms with Crippen molar-refractivity contribution in [3.05, 3.63) is 132 Å². The number of hydrogen-bond donors (Lipinski definition) is 0. The van der Waals surface area contributed by atoms with Crippen molar-refractivity contribution in [1.82, 2.24) is 0 Å². The molecule has 0 aliphatic rings. The van der Waals surface area contributed by atoms with Crippen LogP contribution >= 0.6 is 0 Å². The highest BCUT2D eigenvalue weighted by molar-refractivity contribution is 5.66. The van der Waals surface area contributed by atoms with Crippen LogP contribution in [-0.4, -0.2) is 6.61 Å². The fourth-order valence-corrected chi connectivity index (χ4v) is 3.53. The van der Waals surface area contributed by atoms with E-state index in [1.165, 1.54) is 0 Å². The summed E-state index contributed by atoms with van der Waals surface area (Å²) in [6.07, 6.45) is 3.01. The third-order valence-corrected chi connectivity index (χ3v) is 5.41. The maximum atomic E-state index is 6.13. The Bertz CT molecular complexity index is 1110. The molecule has 172 valence electrons. The molecule has 34 heavy (non-hydrogen) atoms. The van der Waals surface area contributed by atoms with Crippen LogP contribution in [0.25, 0.3) is 5.57 Å². The maximum Gasteiger partial charge on any atom is 0.124 e. The Morgan fingerprint density at radius 1 is 0.588 bits per heavy atom. The predicted octanol–water partition coefficient (Wildman–Crippen LogP) is 7.72. The topological polar surface area (TPSA) is 27.7 Å². The van der Waals surface area contributed by atoms with E-state index < -0.39 is 0 Å². The summed E-state index contributed by atoms with van der Waals surface area (Å²) in [5.41, 5.74) is 4.50. The molecule has 4 aromatic carbocycles. The molecule has 4 rings (SSSR count). The van der Waals surface area contributed by atoms with Crippen LogP contribution in [0, 0.1) is 0 Å². The van der Waals surface area contributed by atoms with Gasteiger partial charge in [0.2, 0.25) is 0 Å². The minimum atomic E-state index is 0.510. The summed E-state index contributed by atoms with van der Waals surface area (Å²) in [5.74, 6) is 2.47. The van der Waals surface area contributed by atoms with Crippen LogP contribution in [0.1, 0.15) is 30.0 Å². The zero-order valence-electron chi connectivity index (χ0n) is 19.5. The van der Waals surface area contributed by atoms with Crippen LogP contribution in [0.3, 0.4) is 0 Å². The lowest BCUT2D eigenvalue weighted by atomic mass is 10.1. The fourth-order valence-electron chi connectivity index (χ4n) is 3.53. The molecule has 3 heteroatoms. The predicted molar refractivity (Wildman–Crippen MR) is 138 cm³/mol. The first kappa shape index (κ1) is 23.2. The smallest absolute Gasteiger partial charge is 0.124 e. The molecule has 0 amide bonds. The number of rotatable bonds is 11. The van der Waals surface area contributed by atoms with Gasteiger partial charge in [0.1, 0.15) is 30.5 Å². The Hall–Kier alpha value is -3.98. The van der Waals surface area contributed by atoms with Gasteiger partial charge < -0.3 is 14.2 Å². The molecule has 0 radical (unpaired) electrons. The van der Waals surface area contributed by atoms with Gasteiger partial charge in [-0.15, -0.1) is 0 Å². The summed E-state index contributed by atoms with van der Waals surface area (Å²) in [6, 6.07) is 36.4.